The van der Waals surface area contributed by atoms with Crippen molar-refractivity contribution in [3.8, 4) is 0 Å². The molecule has 1 aliphatic rings. The molecule has 0 aromatic heterocycles. The monoisotopic (exact) mass is 279 g/mol. The van der Waals surface area contributed by atoms with E-state index in [1.165, 1.54) is 12.1 Å². The van der Waals surface area contributed by atoms with Crippen molar-refractivity contribution < 1.29 is 19.1 Å². The molecule has 0 saturated carbocycles. The highest BCUT2D eigenvalue weighted by Crippen LogP contribution is 2.26. The molecule has 1 aromatic rings. The first kappa shape index (κ1) is 14.5. The number of carboxylic acid groups (broad SMARTS) is 1. The van der Waals surface area contributed by atoms with Gasteiger partial charge in [-0.2, -0.15) is 0 Å². The molecule has 2 rings (SSSR count). The molecule has 1 N–H and O–H groups in total. The first-order valence-electron chi connectivity index (χ1n) is 6.68. The van der Waals surface area contributed by atoms with Gasteiger partial charge in [-0.25, -0.2) is 9.18 Å². The second kappa shape index (κ2) is 5.61. The topological polar surface area (TPSA) is 57.6 Å². The van der Waals surface area contributed by atoms with Crippen LogP contribution in [0.2, 0.25) is 0 Å². The number of carbonyl (C=O) groups is 2. The fraction of sp³-hybridized carbons (Fsp3) is 0.467. The van der Waals surface area contributed by atoms with Crippen molar-refractivity contribution in [2.75, 3.05) is 6.54 Å². The predicted molar refractivity (Wildman–Crippen MR) is 71.7 cm³/mol. The van der Waals surface area contributed by atoms with Crippen molar-refractivity contribution in [2.45, 2.75) is 26.8 Å². The van der Waals surface area contributed by atoms with E-state index in [0.29, 0.717) is 36.9 Å². The summed E-state index contributed by atoms with van der Waals surface area (Å²) in [4.78, 5) is 24.3. The third-order valence-corrected chi connectivity index (χ3v) is 3.82. The van der Waals surface area contributed by atoms with Crippen LogP contribution in [0.15, 0.2) is 18.2 Å². The average Bonchev–Trinajstić information content (AvgIpc) is 2.71. The smallest absolute Gasteiger partial charge is 0.338 e. The highest BCUT2D eigenvalue weighted by molar-refractivity contribution is 5.88. The lowest BCUT2D eigenvalue weighted by molar-refractivity contribution is -0.128. The van der Waals surface area contributed by atoms with Gasteiger partial charge in [0, 0.05) is 19.5 Å². The molecule has 0 aliphatic carbocycles. The SMILES string of the molecule is CC(C)C1CC(=O)N(Cc2ccc(C(=O)O)c(F)c2)C1. The van der Waals surface area contributed by atoms with Crippen molar-refractivity contribution in [3.63, 3.8) is 0 Å². The number of amides is 1. The molecule has 0 bridgehead atoms. The maximum atomic E-state index is 13.6. The molecule has 0 radical (unpaired) electrons. The number of aromatic carboxylic acids is 1. The Kier molecular flexibility index (Phi) is 4.06. The number of carboxylic acids is 1. The van der Waals surface area contributed by atoms with Gasteiger partial charge in [-0.3, -0.25) is 4.79 Å². The number of hydrogen-bond donors (Lipinski definition) is 1. The zero-order chi connectivity index (χ0) is 14.9. The van der Waals surface area contributed by atoms with E-state index in [-0.39, 0.29) is 11.5 Å². The third kappa shape index (κ3) is 2.98. The van der Waals surface area contributed by atoms with Crippen LogP contribution in [0, 0.1) is 17.7 Å². The van der Waals surface area contributed by atoms with Crippen molar-refractivity contribution in [1.29, 1.82) is 0 Å². The fourth-order valence-electron chi connectivity index (χ4n) is 2.45. The highest BCUT2D eigenvalue weighted by atomic mass is 19.1. The Hall–Kier alpha value is -1.91. The Morgan fingerprint density at radius 3 is 2.70 bits per heavy atom. The normalized spacial score (nSPS) is 18.9. The number of benzene rings is 1. The van der Waals surface area contributed by atoms with Crippen LogP contribution in [0.25, 0.3) is 0 Å². The van der Waals surface area contributed by atoms with E-state index < -0.39 is 11.8 Å². The summed E-state index contributed by atoms with van der Waals surface area (Å²) in [6.45, 7) is 5.18. The van der Waals surface area contributed by atoms with E-state index in [1.54, 1.807) is 11.0 Å². The molecule has 1 atom stereocenters. The van der Waals surface area contributed by atoms with Gasteiger partial charge in [0.05, 0.1) is 5.56 Å². The Morgan fingerprint density at radius 2 is 2.20 bits per heavy atom. The minimum Gasteiger partial charge on any atom is -0.478 e. The zero-order valence-electron chi connectivity index (χ0n) is 11.6. The van der Waals surface area contributed by atoms with Gasteiger partial charge in [0.15, 0.2) is 0 Å². The highest BCUT2D eigenvalue weighted by Gasteiger charge is 2.31. The van der Waals surface area contributed by atoms with Crippen LogP contribution in [0.1, 0.15) is 36.2 Å². The van der Waals surface area contributed by atoms with Crippen LogP contribution in [0.5, 0.6) is 0 Å². The van der Waals surface area contributed by atoms with E-state index in [1.807, 2.05) is 0 Å². The number of halogens is 1. The molecule has 1 unspecified atom stereocenters. The second-order valence-electron chi connectivity index (χ2n) is 5.60. The summed E-state index contributed by atoms with van der Waals surface area (Å²) in [6.07, 6.45) is 0.535. The number of likely N-dealkylation sites (tertiary alicyclic amines) is 1. The molecule has 1 aliphatic heterocycles. The fourth-order valence-corrected chi connectivity index (χ4v) is 2.45. The minimum absolute atomic E-state index is 0.0754. The summed E-state index contributed by atoms with van der Waals surface area (Å²) in [7, 11) is 0. The number of nitrogens with zero attached hydrogens (tertiary/aromatic N) is 1. The van der Waals surface area contributed by atoms with E-state index >= 15 is 0 Å². The number of hydrogen-bond acceptors (Lipinski definition) is 2. The van der Waals surface area contributed by atoms with E-state index in [4.69, 9.17) is 5.11 Å². The summed E-state index contributed by atoms with van der Waals surface area (Å²) < 4.78 is 13.6. The van der Waals surface area contributed by atoms with Crippen molar-refractivity contribution in [3.05, 3.63) is 35.1 Å². The lowest BCUT2D eigenvalue weighted by Crippen LogP contribution is -2.25. The first-order chi connectivity index (χ1) is 9.38. The van der Waals surface area contributed by atoms with Crippen molar-refractivity contribution >= 4 is 11.9 Å². The molecule has 4 nitrogen and oxygen atoms in total. The summed E-state index contributed by atoms with van der Waals surface area (Å²) in [5.74, 6) is -1.19. The van der Waals surface area contributed by atoms with Gasteiger partial charge >= 0.3 is 5.97 Å². The van der Waals surface area contributed by atoms with Crippen LogP contribution < -0.4 is 0 Å². The minimum atomic E-state index is -1.29. The van der Waals surface area contributed by atoms with Gasteiger partial charge in [-0.05, 0) is 29.5 Å². The predicted octanol–water partition coefficient (Wildman–Crippen LogP) is 2.53. The Bertz CT molecular complexity index is 542. The number of carbonyl (C=O) groups excluding carboxylic acids is 1. The van der Waals surface area contributed by atoms with Crippen molar-refractivity contribution in [1.82, 2.24) is 4.90 Å². The van der Waals surface area contributed by atoms with E-state index in [2.05, 4.69) is 13.8 Å². The molecule has 1 fully saturated rings. The van der Waals surface area contributed by atoms with Crippen LogP contribution in [-0.4, -0.2) is 28.4 Å². The lowest BCUT2D eigenvalue weighted by Gasteiger charge is -2.18. The number of rotatable bonds is 4. The van der Waals surface area contributed by atoms with Crippen LogP contribution in [0.4, 0.5) is 4.39 Å². The van der Waals surface area contributed by atoms with E-state index in [9.17, 15) is 14.0 Å². The first-order valence-corrected chi connectivity index (χ1v) is 6.68. The van der Waals surface area contributed by atoms with Gasteiger partial charge in [-0.15, -0.1) is 0 Å². The maximum absolute atomic E-state index is 13.6. The molecule has 5 heteroatoms. The van der Waals surface area contributed by atoms with Gasteiger partial charge in [0.25, 0.3) is 0 Å². The van der Waals surface area contributed by atoms with Gasteiger partial charge in [0.1, 0.15) is 5.82 Å². The Balaban J connectivity index is 2.09. The van der Waals surface area contributed by atoms with E-state index in [0.717, 1.165) is 0 Å². The summed E-state index contributed by atoms with van der Waals surface area (Å²) in [5.41, 5.74) is 0.270. The molecular weight excluding hydrogens is 261 g/mol. The Morgan fingerprint density at radius 1 is 1.50 bits per heavy atom. The largest absolute Gasteiger partial charge is 0.478 e. The molecule has 108 valence electrons. The quantitative estimate of drug-likeness (QED) is 0.921. The molecule has 1 aromatic carbocycles. The molecule has 20 heavy (non-hydrogen) atoms. The molecular formula is C15H18FNO3. The summed E-state index contributed by atoms with van der Waals surface area (Å²) in [5, 5.41) is 8.77. The van der Waals surface area contributed by atoms with Crippen LogP contribution >= 0.6 is 0 Å². The van der Waals surface area contributed by atoms with Gasteiger partial charge < -0.3 is 10.0 Å². The standard InChI is InChI=1S/C15H18FNO3/c1-9(2)11-6-14(18)17(8-11)7-10-3-4-12(15(19)20)13(16)5-10/h3-5,9,11H,6-8H2,1-2H3,(H,19,20). The second-order valence-corrected chi connectivity index (χ2v) is 5.60. The maximum Gasteiger partial charge on any atom is 0.338 e. The molecule has 1 heterocycles. The summed E-state index contributed by atoms with van der Waals surface area (Å²) in [6, 6.07) is 4.00. The summed E-state index contributed by atoms with van der Waals surface area (Å²) >= 11 is 0. The molecule has 0 spiro atoms. The molecule has 1 saturated heterocycles. The van der Waals surface area contributed by atoms with Gasteiger partial charge in [-0.1, -0.05) is 19.9 Å². The lowest BCUT2D eigenvalue weighted by atomic mass is 9.95. The van der Waals surface area contributed by atoms with Crippen LogP contribution in [0.3, 0.4) is 0 Å². The van der Waals surface area contributed by atoms with Crippen LogP contribution in [-0.2, 0) is 11.3 Å². The van der Waals surface area contributed by atoms with Gasteiger partial charge in [0.2, 0.25) is 5.91 Å². The average molecular weight is 279 g/mol. The van der Waals surface area contributed by atoms with Crippen molar-refractivity contribution in [2.24, 2.45) is 11.8 Å². The molecule has 1 amide bonds. The third-order valence-electron chi connectivity index (χ3n) is 3.82. The zero-order valence-corrected chi connectivity index (χ0v) is 11.6. The Labute approximate surface area is 117 Å².